The van der Waals surface area contributed by atoms with Crippen molar-refractivity contribution >= 4 is 22.7 Å². The van der Waals surface area contributed by atoms with Crippen molar-refractivity contribution in [1.82, 2.24) is 25.8 Å². The van der Waals surface area contributed by atoms with Crippen molar-refractivity contribution < 1.29 is 9.59 Å². The molecule has 0 atom stereocenters. The van der Waals surface area contributed by atoms with Gasteiger partial charge in [0.1, 0.15) is 17.2 Å². The summed E-state index contributed by atoms with van der Waals surface area (Å²) in [5, 5.41) is 0.943. The smallest absolute Gasteiger partial charge is 0.266 e. The van der Waals surface area contributed by atoms with Crippen LogP contribution in [-0.2, 0) is 0 Å². The van der Waals surface area contributed by atoms with Crippen molar-refractivity contribution in [3.63, 3.8) is 0 Å². The van der Waals surface area contributed by atoms with Gasteiger partial charge in [-0.05, 0) is 31.0 Å². The molecule has 7 nitrogen and oxygen atoms in total. The number of nitrogens with zero attached hydrogens (tertiary/aromatic N) is 3. The van der Waals surface area contributed by atoms with E-state index in [-0.39, 0.29) is 11.4 Å². The maximum Gasteiger partial charge on any atom is 0.288 e. The predicted molar refractivity (Wildman–Crippen MR) is 99.9 cm³/mol. The number of aromatic nitrogens is 3. The molecular weight excluding hydrogens is 342 g/mol. The van der Waals surface area contributed by atoms with Gasteiger partial charge in [-0.3, -0.25) is 20.4 Å². The van der Waals surface area contributed by atoms with E-state index in [9.17, 15) is 9.59 Å². The molecule has 0 bridgehead atoms. The largest absolute Gasteiger partial charge is 0.288 e. The van der Waals surface area contributed by atoms with Crippen molar-refractivity contribution in [3.8, 4) is 0 Å². The number of amides is 2. The second kappa shape index (κ2) is 7.49. The SMILES string of the molecule is O=C(NNC(=O)c1ccc2ccccc2n1)c1ccnc(C2CCCC2)n1. The number of para-hydroxylation sites is 1. The molecule has 0 unspecified atom stereocenters. The average molecular weight is 361 g/mol. The fourth-order valence-electron chi connectivity index (χ4n) is 3.32. The first-order valence-electron chi connectivity index (χ1n) is 9.00. The number of carbonyl (C=O) groups excluding carboxylic acids is 2. The molecule has 1 aliphatic rings. The zero-order chi connectivity index (χ0) is 18.6. The molecule has 1 fully saturated rings. The molecule has 2 heterocycles. The number of carbonyl (C=O) groups is 2. The summed E-state index contributed by atoms with van der Waals surface area (Å²) < 4.78 is 0. The maximum absolute atomic E-state index is 12.3. The molecule has 1 aliphatic carbocycles. The molecule has 0 spiro atoms. The van der Waals surface area contributed by atoms with Crippen molar-refractivity contribution in [2.75, 3.05) is 0 Å². The van der Waals surface area contributed by atoms with Crippen molar-refractivity contribution in [1.29, 1.82) is 0 Å². The van der Waals surface area contributed by atoms with Gasteiger partial charge in [0.25, 0.3) is 11.8 Å². The molecule has 4 rings (SSSR count). The van der Waals surface area contributed by atoms with Crippen LogP contribution < -0.4 is 10.9 Å². The lowest BCUT2D eigenvalue weighted by Crippen LogP contribution is -2.42. The van der Waals surface area contributed by atoms with E-state index in [4.69, 9.17) is 0 Å². The van der Waals surface area contributed by atoms with E-state index in [1.165, 1.54) is 18.9 Å². The quantitative estimate of drug-likeness (QED) is 0.699. The summed E-state index contributed by atoms with van der Waals surface area (Å²) >= 11 is 0. The molecule has 136 valence electrons. The van der Waals surface area contributed by atoms with Crippen LogP contribution in [0.5, 0.6) is 0 Å². The number of pyridine rings is 1. The molecular formula is C20H19N5O2. The first-order valence-corrected chi connectivity index (χ1v) is 9.00. The maximum atomic E-state index is 12.3. The minimum atomic E-state index is -0.487. The Balaban J connectivity index is 1.42. The van der Waals surface area contributed by atoms with Crippen LogP contribution in [0.15, 0.2) is 48.7 Å². The summed E-state index contributed by atoms with van der Waals surface area (Å²) in [6.07, 6.45) is 6.02. The first kappa shape index (κ1) is 17.1. The van der Waals surface area contributed by atoms with Crippen LogP contribution in [0.2, 0.25) is 0 Å². The van der Waals surface area contributed by atoms with Crippen molar-refractivity contribution in [3.05, 3.63) is 65.9 Å². The van der Waals surface area contributed by atoms with Gasteiger partial charge in [-0.1, -0.05) is 37.1 Å². The van der Waals surface area contributed by atoms with E-state index >= 15 is 0 Å². The van der Waals surface area contributed by atoms with Crippen LogP contribution in [0.3, 0.4) is 0 Å². The standard InChI is InChI=1S/C20H19N5O2/c26-19(16-10-9-13-5-3-4-8-15(13)22-16)24-25-20(27)17-11-12-21-18(23-17)14-6-1-2-7-14/h3-5,8-12,14H,1-2,6-7H2,(H,24,26)(H,25,27). The van der Waals surface area contributed by atoms with E-state index < -0.39 is 11.8 Å². The van der Waals surface area contributed by atoms with Crippen LogP contribution in [-0.4, -0.2) is 26.8 Å². The summed E-state index contributed by atoms with van der Waals surface area (Å²) in [7, 11) is 0. The second-order valence-electron chi connectivity index (χ2n) is 6.58. The lowest BCUT2D eigenvalue weighted by atomic mass is 10.1. The average Bonchev–Trinajstić information content (AvgIpc) is 3.26. The normalized spacial score (nSPS) is 14.2. The van der Waals surface area contributed by atoms with E-state index in [0.717, 1.165) is 18.2 Å². The van der Waals surface area contributed by atoms with Crippen LogP contribution in [0.4, 0.5) is 0 Å². The zero-order valence-electron chi connectivity index (χ0n) is 14.7. The molecule has 0 saturated heterocycles. The summed E-state index contributed by atoms with van der Waals surface area (Å²) in [6, 6.07) is 12.5. The molecule has 0 radical (unpaired) electrons. The van der Waals surface area contributed by atoms with Crippen LogP contribution in [0.1, 0.15) is 58.4 Å². The number of hydrazine groups is 1. The highest BCUT2D eigenvalue weighted by Crippen LogP contribution is 2.31. The van der Waals surface area contributed by atoms with Gasteiger partial charge in [-0.2, -0.15) is 0 Å². The number of nitrogens with one attached hydrogen (secondary N) is 2. The number of hydrogen-bond acceptors (Lipinski definition) is 5. The van der Waals surface area contributed by atoms with Gasteiger partial charge < -0.3 is 0 Å². The van der Waals surface area contributed by atoms with E-state index in [1.54, 1.807) is 12.3 Å². The Labute approximate surface area is 156 Å². The third kappa shape index (κ3) is 3.76. The fourth-order valence-corrected chi connectivity index (χ4v) is 3.32. The molecule has 2 N–H and O–H groups in total. The van der Waals surface area contributed by atoms with Gasteiger partial charge in [0, 0.05) is 17.5 Å². The highest BCUT2D eigenvalue weighted by atomic mass is 16.2. The fraction of sp³-hybridized carbons (Fsp3) is 0.250. The third-order valence-corrected chi connectivity index (χ3v) is 4.75. The van der Waals surface area contributed by atoms with Crippen molar-refractivity contribution in [2.45, 2.75) is 31.6 Å². The molecule has 0 aliphatic heterocycles. The molecule has 27 heavy (non-hydrogen) atoms. The number of benzene rings is 1. The van der Waals surface area contributed by atoms with E-state index in [1.807, 2.05) is 30.3 Å². The zero-order valence-corrected chi connectivity index (χ0v) is 14.7. The highest BCUT2D eigenvalue weighted by Gasteiger charge is 2.21. The summed E-state index contributed by atoms with van der Waals surface area (Å²) in [5.41, 5.74) is 5.96. The number of rotatable bonds is 3. The van der Waals surface area contributed by atoms with Gasteiger partial charge in [0.2, 0.25) is 0 Å². The van der Waals surface area contributed by atoms with Gasteiger partial charge in [-0.15, -0.1) is 0 Å². The van der Waals surface area contributed by atoms with Crippen LogP contribution >= 0.6 is 0 Å². The number of hydrogen-bond donors (Lipinski definition) is 2. The third-order valence-electron chi connectivity index (χ3n) is 4.75. The molecule has 2 amide bonds. The van der Waals surface area contributed by atoms with E-state index in [2.05, 4.69) is 25.8 Å². The summed E-state index contributed by atoms with van der Waals surface area (Å²) in [6.45, 7) is 0. The lowest BCUT2D eigenvalue weighted by Gasteiger charge is -2.10. The summed E-state index contributed by atoms with van der Waals surface area (Å²) in [4.78, 5) is 37.5. The summed E-state index contributed by atoms with van der Waals surface area (Å²) in [5.74, 6) is 0.0433. The van der Waals surface area contributed by atoms with E-state index in [0.29, 0.717) is 17.3 Å². The topological polar surface area (TPSA) is 96.9 Å². The van der Waals surface area contributed by atoms with Crippen LogP contribution in [0, 0.1) is 0 Å². The monoisotopic (exact) mass is 361 g/mol. The van der Waals surface area contributed by atoms with Crippen molar-refractivity contribution in [2.24, 2.45) is 0 Å². The van der Waals surface area contributed by atoms with Gasteiger partial charge in [-0.25, -0.2) is 15.0 Å². The van der Waals surface area contributed by atoms with Gasteiger partial charge >= 0.3 is 0 Å². The first-order chi connectivity index (χ1) is 13.2. The second-order valence-corrected chi connectivity index (χ2v) is 6.58. The minimum absolute atomic E-state index is 0.225. The Morgan fingerprint density at radius 3 is 2.33 bits per heavy atom. The predicted octanol–water partition coefficient (Wildman–Crippen LogP) is 2.76. The molecule has 1 saturated carbocycles. The van der Waals surface area contributed by atoms with Gasteiger partial charge in [0.05, 0.1) is 5.52 Å². The Morgan fingerprint density at radius 2 is 1.56 bits per heavy atom. The Bertz CT molecular complexity index is 998. The van der Waals surface area contributed by atoms with Crippen LogP contribution in [0.25, 0.3) is 10.9 Å². The Kier molecular flexibility index (Phi) is 4.74. The minimum Gasteiger partial charge on any atom is -0.266 e. The molecule has 7 heteroatoms. The Hall–Kier alpha value is -3.35. The molecule has 1 aromatic carbocycles. The number of fused-ring (bicyclic) bond motifs is 1. The highest BCUT2D eigenvalue weighted by molar-refractivity contribution is 5.98. The molecule has 2 aromatic heterocycles. The lowest BCUT2D eigenvalue weighted by molar-refractivity contribution is 0.0841. The van der Waals surface area contributed by atoms with Gasteiger partial charge in [0.15, 0.2) is 0 Å². The molecule has 3 aromatic rings. The Morgan fingerprint density at radius 1 is 0.852 bits per heavy atom.